The molecule has 0 fully saturated rings. The first-order valence-corrected chi connectivity index (χ1v) is 6.96. The first-order valence-electron chi connectivity index (χ1n) is 6.17. The highest BCUT2D eigenvalue weighted by molar-refractivity contribution is 9.10. The highest BCUT2D eigenvalue weighted by atomic mass is 79.9. The van der Waals surface area contributed by atoms with Crippen LogP contribution in [0, 0.1) is 11.8 Å². The number of hydrogen-bond acceptors (Lipinski definition) is 2. The van der Waals surface area contributed by atoms with Gasteiger partial charge in [-0.25, -0.2) is 0 Å². The minimum absolute atomic E-state index is 0.308. The molecule has 3 nitrogen and oxygen atoms in total. The maximum atomic E-state index is 11.1. The average molecular weight is 314 g/mol. The van der Waals surface area contributed by atoms with Crippen LogP contribution in [0.1, 0.15) is 25.8 Å². The first-order chi connectivity index (χ1) is 8.49. The second-order valence-corrected chi connectivity index (χ2v) is 5.84. The van der Waals surface area contributed by atoms with Gasteiger partial charge in [-0.1, -0.05) is 41.9 Å². The molecule has 0 spiro atoms. The first kappa shape index (κ1) is 15.2. The Morgan fingerprint density at radius 2 is 2.17 bits per heavy atom. The van der Waals surface area contributed by atoms with Gasteiger partial charge in [-0.15, -0.1) is 0 Å². The molecule has 1 rings (SSSR count). The van der Waals surface area contributed by atoms with Crippen molar-refractivity contribution in [2.24, 2.45) is 11.8 Å². The Morgan fingerprint density at radius 3 is 2.72 bits per heavy atom. The molecular weight excluding hydrogens is 294 g/mol. The Balaban J connectivity index is 2.41. The molecule has 0 radical (unpaired) electrons. The number of rotatable bonds is 7. The van der Waals surface area contributed by atoms with Crippen LogP contribution in [0.25, 0.3) is 0 Å². The molecule has 2 N–H and O–H groups in total. The summed E-state index contributed by atoms with van der Waals surface area (Å²) in [5, 5.41) is 12.3. The Morgan fingerprint density at radius 1 is 1.44 bits per heavy atom. The molecule has 0 aliphatic heterocycles. The molecule has 0 aromatic heterocycles. The number of benzene rings is 1. The molecule has 100 valence electrons. The quantitative estimate of drug-likeness (QED) is 0.812. The van der Waals surface area contributed by atoms with E-state index >= 15 is 0 Å². The van der Waals surface area contributed by atoms with Gasteiger partial charge in [-0.3, -0.25) is 4.79 Å². The summed E-state index contributed by atoms with van der Waals surface area (Å²) in [7, 11) is 0. The predicted octanol–water partition coefficient (Wildman–Crippen LogP) is 3.29. The van der Waals surface area contributed by atoms with Crippen LogP contribution in [-0.4, -0.2) is 17.6 Å². The summed E-state index contributed by atoms with van der Waals surface area (Å²) in [6.45, 7) is 5.30. The zero-order chi connectivity index (χ0) is 13.5. The van der Waals surface area contributed by atoms with Crippen molar-refractivity contribution in [1.29, 1.82) is 0 Å². The van der Waals surface area contributed by atoms with Crippen molar-refractivity contribution in [3.8, 4) is 0 Å². The molecule has 0 saturated heterocycles. The monoisotopic (exact) mass is 313 g/mol. The highest BCUT2D eigenvalue weighted by Gasteiger charge is 2.18. The second kappa shape index (κ2) is 7.54. The average Bonchev–Trinajstić information content (AvgIpc) is 2.27. The van der Waals surface area contributed by atoms with E-state index in [4.69, 9.17) is 5.11 Å². The van der Waals surface area contributed by atoms with E-state index in [0.29, 0.717) is 25.4 Å². The van der Waals surface area contributed by atoms with E-state index in [-0.39, 0.29) is 5.92 Å². The SMILES string of the molecule is CC(C)CC(CNCc1cccc(Br)c1)C(=O)O. The molecule has 1 unspecified atom stereocenters. The van der Waals surface area contributed by atoms with Crippen LogP contribution in [-0.2, 0) is 11.3 Å². The van der Waals surface area contributed by atoms with Gasteiger partial charge in [-0.05, 0) is 30.0 Å². The molecule has 0 heterocycles. The Kier molecular flexibility index (Phi) is 6.36. The van der Waals surface area contributed by atoms with Gasteiger partial charge < -0.3 is 10.4 Å². The van der Waals surface area contributed by atoms with Crippen molar-refractivity contribution < 1.29 is 9.90 Å². The van der Waals surface area contributed by atoms with Crippen molar-refractivity contribution >= 4 is 21.9 Å². The van der Waals surface area contributed by atoms with Gasteiger partial charge in [0.25, 0.3) is 0 Å². The zero-order valence-corrected chi connectivity index (χ0v) is 12.4. The van der Waals surface area contributed by atoms with Gasteiger partial charge in [0.1, 0.15) is 0 Å². The van der Waals surface area contributed by atoms with Crippen LogP contribution in [0.15, 0.2) is 28.7 Å². The lowest BCUT2D eigenvalue weighted by Crippen LogP contribution is -2.29. The molecule has 0 aliphatic rings. The number of aliphatic carboxylic acids is 1. The third-order valence-electron chi connectivity index (χ3n) is 2.71. The van der Waals surface area contributed by atoms with Crippen molar-refractivity contribution in [2.45, 2.75) is 26.8 Å². The van der Waals surface area contributed by atoms with Gasteiger partial charge >= 0.3 is 5.97 Å². The maximum Gasteiger partial charge on any atom is 0.307 e. The number of nitrogens with one attached hydrogen (secondary N) is 1. The maximum absolute atomic E-state index is 11.1. The minimum Gasteiger partial charge on any atom is -0.481 e. The minimum atomic E-state index is -0.717. The lowest BCUT2D eigenvalue weighted by Gasteiger charge is -2.15. The van der Waals surface area contributed by atoms with Crippen LogP contribution < -0.4 is 5.32 Å². The third-order valence-corrected chi connectivity index (χ3v) is 3.21. The van der Waals surface area contributed by atoms with Crippen LogP contribution >= 0.6 is 15.9 Å². The van der Waals surface area contributed by atoms with Gasteiger partial charge in [0.05, 0.1) is 5.92 Å². The van der Waals surface area contributed by atoms with Gasteiger partial charge in [-0.2, -0.15) is 0 Å². The van der Waals surface area contributed by atoms with Crippen LogP contribution in [0.3, 0.4) is 0 Å². The van der Waals surface area contributed by atoms with Gasteiger partial charge in [0, 0.05) is 17.6 Å². The Hall–Kier alpha value is -0.870. The molecule has 1 aromatic rings. The van der Waals surface area contributed by atoms with Crippen molar-refractivity contribution in [2.75, 3.05) is 6.54 Å². The van der Waals surface area contributed by atoms with E-state index in [1.54, 1.807) is 0 Å². The summed E-state index contributed by atoms with van der Waals surface area (Å²) < 4.78 is 1.04. The molecule has 1 aromatic carbocycles. The van der Waals surface area contributed by atoms with Crippen molar-refractivity contribution in [3.63, 3.8) is 0 Å². The topological polar surface area (TPSA) is 49.3 Å². The fraction of sp³-hybridized carbons (Fsp3) is 0.500. The Bertz CT molecular complexity index is 393. The van der Waals surface area contributed by atoms with Crippen LogP contribution in [0.5, 0.6) is 0 Å². The van der Waals surface area contributed by atoms with Crippen LogP contribution in [0.2, 0.25) is 0 Å². The summed E-state index contributed by atoms with van der Waals surface area (Å²) in [4.78, 5) is 11.1. The lowest BCUT2D eigenvalue weighted by molar-refractivity contribution is -0.142. The van der Waals surface area contributed by atoms with Crippen LogP contribution in [0.4, 0.5) is 0 Å². The molecule has 0 amide bonds. The van der Waals surface area contributed by atoms with E-state index in [0.717, 1.165) is 10.0 Å². The molecule has 0 saturated carbocycles. The zero-order valence-electron chi connectivity index (χ0n) is 10.8. The molecular formula is C14H20BrNO2. The van der Waals surface area contributed by atoms with Gasteiger partial charge in [0.2, 0.25) is 0 Å². The van der Waals surface area contributed by atoms with Gasteiger partial charge in [0.15, 0.2) is 0 Å². The summed E-state index contributed by atoms with van der Waals surface area (Å²) in [5.74, 6) is -0.624. The smallest absolute Gasteiger partial charge is 0.307 e. The predicted molar refractivity (Wildman–Crippen MR) is 76.4 cm³/mol. The van der Waals surface area contributed by atoms with E-state index in [1.807, 2.05) is 38.1 Å². The molecule has 1 atom stereocenters. The number of carboxylic acids is 1. The lowest BCUT2D eigenvalue weighted by atomic mass is 9.97. The Labute approximate surface area is 117 Å². The largest absolute Gasteiger partial charge is 0.481 e. The van der Waals surface area contributed by atoms with Crippen molar-refractivity contribution in [3.05, 3.63) is 34.3 Å². The van der Waals surface area contributed by atoms with E-state index in [2.05, 4.69) is 21.2 Å². The number of halogens is 1. The molecule has 4 heteroatoms. The number of carbonyl (C=O) groups is 1. The summed E-state index contributed by atoms with van der Waals surface area (Å²) in [6, 6.07) is 8.01. The molecule has 0 bridgehead atoms. The molecule has 18 heavy (non-hydrogen) atoms. The fourth-order valence-electron chi connectivity index (χ4n) is 1.88. The molecule has 0 aliphatic carbocycles. The van der Waals surface area contributed by atoms with Crippen molar-refractivity contribution in [1.82, 2.24) is 5.32 Å². The van der Waals surface area contributed by atoms with E-state index < -0.39 is 5.97 Å². The second-order valence-electron chi connectivity index (χ2n) is 4.93. The van der Waals surface area contributed by atoms with E-state index in [1.165, 1.54) is 0 Å². The fourth-order valence-corrected chi connectivity index (χ4v) is 2.32. The number of hydrogen-bond donors (Lipinski definition) is 2. The highest BCUT2D eigenvalue weighted by Crippen LogP contribution is 2.13. The summed E-state index contributed by atoms with van der Waals surface area (Å²) in [6.07, 6.45) is 0.709. The van der Waals surface area contributed by atoms with E-state index in [9.17, 15) is 4.79 Å². The standard InChI is InChI=1S/C14H20BrNO2/c1-10(2)6-12(14(17)18)9-16-8-11-4-3-5-13(15)7-11/h3-5,7,10,12,16H,6,8-9H2,1-2H3,(H,17,18). The third kappa shape index (κ3) is 5.65. The normalized spacial score (nSPS) is 12.7. The summed E-state index contributed by atoms with van der Waals surface area (Å²) in [5.41, 5.74) is 1.15. The number of carboxylic acid groups (broad SMARTS) is 1. The summed E-state index contributed by atoms with van der Waals surface area (Å²) >= 11 is 3.42.